The van der Waals surface area contributed by atoms with E-state index in [-0.39, 0.29) is 24.6 Å². The van der Waals surface area contributed by atoms with Gasteiger partial charge in [0.15, 0.2) is 18.1 Å². The summed E-state index contributed by atoms with van der Waals surface area (Å²) >= 11 is 0. The Balaban J connectivity index is 1.49. The van der Waals surface area contributed by atoms with Crippen LogP contribution in [0.4, 0.5) is 0 Å². The third kappa shape index (κ3) is 6.03. The van der Waals surface area contributed by atoms with Crippen molar-refractivity contribution in [3.05, 3.63) is 59.7 Å². The van der Waals surface area contributed by atoms with E-state index in [1.54, 1.807) is 6.07 Å². The van der Waals surface area contributed by atoms with Gasteiger partial charge in [0.25, 0.3) is 11.8 Å². The first-order chi connectivity index (χ1) is 16.3. The van der Waals surface area contributed by atoms with Crippen molar-refractivity contribution in [2.45, 2.75) is 19.4 Å². The molecule has 0 aliphatic carbocycles. The summed E-state index contributed by atoms with van der Waals surface area (Å²) in [5.41, 5.74) is 3.66. The summed E-state index contributed by atoms with van der Waals surface area (Å²) in [5.74, 6) is -2.08. The van der Waals surface area contributed by atoms with Crippen LogP contribution in [0.2, 0.25) is 0 Å². The Morgan fingerprint density at radius 2 is 1.76 bits per heavy atom. The van der Waals surface area contributed by atoms with E-state index < -0.39 is 36.2 Å². The lowest BCUT2D eigenvalue weighted by Crippen LogP contribution is -2.43. The quantitative estimate of drug-likeness (QED) is 0.535. The number of hydrazine groups is 1. The van der Waals surface area contributed by atoms with E-state index in [1.165, 1.54) is 26.4 Å². The van der Waals surface area contributed by atoms with Crippen molar-refractivity contribution in [1.29, 1.82) is 0 Å². The lowest BCUT2D eigenvalue weighted by atomic mass is 10.1. The molecule has 0 aromatic heterocycles. The number of hydrogen-bond acceptors (Lipinski definition) is 7. The van der Waals surface area contributed by atoms with Gasteiger partial charge in [-0.3, -0.25) is 29.6 Å². The van der Waals surface area contributed by atoms with Gasteiger partial charge in [-0.25, -0.2) is 0 Å². The Morgan fingerprint density at radius 1 is 1.06 bits per heavy atom. The molecule has 3 amide bonds. The molecule has 1 aliphatic rings. The molecule has 0 unspecified atom stereocenters. The predicted octanol–water partition coefficient (Wildman–Crippen LogP) is 1.62. The Hall–Kier alpha value is -4.08. The normalized spacial score (nSPS) is 15.9. The zero-order valence-corrected chi connectivity index (χ0v) is 19.2. The summed E-state index contributed by atoms with van der Waals surface area (Å²) < 4.78 is 15.4. The topological polar surface area (TPSA) is 123 Å². The monoisotopic (exact) mass is 469 g/mol. The van der Waals surface area contributed by atoms with Crippen molar-refractivity contribution < 1.29 is 33.4 Å². The molecule has 0 radical (unpaired) electrons. The van der Waals surface area contributed by atoms with Gasteiger partial charge in [0.2, 0.25) is 5.91 Å². The Bertz CT molecular complexity index is 1060. The van der Waals surface area contributed by atoms with Crippen LogP contribution in [0.1, 0.15) is 35.3 Å². The minimum Gasteiger partial charge on any atom is -0.493 e. The number of benzene rings is 2. The Labute approximate surface area is 197 Å². The fourth-order valence-electron chi connectivity index (χ4n) is 3.50. The Kier molecular flexibility index (Phi) is 8.07. The van der Waals surface area contributed by atoms with Gasteiger partial charge in [0.1, 0.15) is 0 Å². The number of carbonyl (C=O) groups excluding carboxylic acids is 4. The summed E-state index contributed by atoms with van der Waals surface area (Å²) in [4.78, 5) is 49.4. The van der Waals surface area contributed by atoms with Crippen molar-refractivity contribution in [2.75, 3.05) is 27.4 Å². The number of hydrogen-bond donors (Lipinski definition) is 2. The molecule has 10 heteroatoms. The van der Waals surface area contributed by atoms with Crippen LogP contribution in [-0.4, -0.2) is 56.1 Å². The minimum absolute atomic E-state index is 0.0568. The van der Waals surface area contributed by atoms with Crippen LogP contribution in [0.5, 0.6) is 11.5 Å². The van der Waals surface area contributed by atoms with Gasteiger partial charge in [-0.15, -0.1) is 0 Å². The van der Waals surface area contributed by atoms with Gasteiger partial charge in [-0.05, 0) is 30.7 Å². The first-order valence-corrected chi connectivity index (χ1v) is 10.7. The maximum Gasteiger partial charge on any atom is 0.311 e. The van der Waals surface area contributed by atoms with Crippen molar-refractivity contribution in [3.8, 4) is 11.5 Å². The standard InChI is InChI=1S/C24H27N3O7/c1-15(16-7-5-4-6-8-16)25-21(28)14-34-24(31)18-12-22(29)27(13-18)26-23(30)17-9-10-19(32-2)20(11-17)33-3/h4-11,15,18H,12-14H2,1-3H3,(H,25,28)(H,26,30)/t15-,18-/m0/s1. The molecule has 2 aromatic rings. The molecule has 1 fully saturated rings. The molecule has 1 saturated heterocycles. The van der Waals surface area contributed by atoms with E-state index in [0.717, 1.165) is 10.6 Å². The number of amides is 3. The van der Waals surface area contributed by atoms with Crippen LogP contribution in [0.3, 0.4) is 0 Å². The number of nitrogens with zero attached hydrogens (tertiary/aromatic N) is 1. The van der Waals surface area contributed by atoms with Crippen LogP contribution in [0, 0.1) is 5.92 Å². The number of methoxy groups -OCH3 is 2. The number of esters is 1. The van der Waals surface area contributed by atoms with Crippen LogP contribution in [0.25, 0.3) is 0 Å². The molecule has 0 bridgehead atoms. The molecule has 10 nitrogen and oxygen atoms in total. The maximum absolute atomic E-state index is 12.6. The van der Waals surface area contributed by atoms with Crippen LogP contribution >= 0.6 is 0 Å². The summed E-state index contributed by atoms with van der Waals surface area (Å²) in [6.07, 6.45) is -0.132. The molecule has 2 N–H and O–H groups in total. The molecule has 0 saturated carbocycles. The number of carbonyl (C=O) groups is 4. The average molecular weight is 469 g/mol. The first kappa shape index (κ1) is 24.6. The molecule has 3 rings (SSSR count). The van der Waals surface area contributed by atoms with Gasteiger partial charge in [0, 0.05) is 12.0 Å². The highest BCUT2D eigenvalue weighted by molar-refractivity contribution is 5.97. The summed E-state index contributed by atoms with van der Waals surface area (Å²) in [6, 6.07) is 13.7. The van der Waals surface area contributed by atoms with E-state index in [1.807, 2.05) is 37.3 Å². The van der Waals surface area contributed by atoms with Gasteiger partial charge < -0.3 is 19.5 Å². The van der Waals surface area contributed by atoms with Crippen molar-refractivity contribution in [3.63, 3.8) is 0 Å². The maximum atomic E-state index is 12.6. The minimum atomic E-state index is -0.794. The number of nitrogens with one attached hydrogen (secondary N) is 2. The van der Waals surface area contributed by atoms with Crippen molar-refractivity contribution >= 4 is 23.7 Å². The zero-order valence-electron chi connectivity index (χ0n) is 19.2. The smallest absolute Gasteiger partial charge is 0.311 e. The molecule has 0 spiro atoms. The molecular weight excluding hydrogens is 442 g/mol. The van der Waals surface area contributed by atoms with E-state index in [0.29, 0.717) is 11.5 Å². The summed E-state index contributed by atoms with van der Waals surface area (Å²) in [5, 5.41) is 3.82. The molecule has 2 atom stereocenters. The fourth-order valence-corrected chi connectivity index (χ4v) is 3.50. The second-order valence-corrected chi connectivity index (χ2v) is 7.72. The summed E-state index contributed by atoms with van der Waals surface area (Å²) in [7, 11) is 2.93. The number of ether oxygens (including phenoxy) is 3. The molecule has 1 heterocycles. The van der Waals surface area contributed by atoms with Gasteiger partial charge in [-0.1, -0.05) is 30.3 Å². The average Bonchev–Trinajstić information content (AvgIpc) is 3.22. The molecule has 1 aliphatic heterocycles. The highest BCUT2D eigenvalue weighted by Crippen LogP contribution is 2.27. The van der Waals surface area contributed by atoms with E-state index in [4.69, 9.17) is 14.2 Å². The van der Waals surface area contributed by atoms with E-state index >= 15 is 0 Å². The van der Waals surface area contributed by atoms with Gasteiger partial charge in [-0.2, -0.15) is 0 Å². The van der Waals surface area contributed by atoms with Crippen molar-refractivity contribution in [2.24, 2.45) is 5.92 Å². The van der Waals surface area contributed by atoms with Crippen molar-refractivity contribution in [1.82, 2.24) is 15.8 Å². The lowest BCUT2D eigenvalue weighted by Gasteiger charge is -2.18. The first-order valence-electron chi connectivity index (χ1n) is 10.7. The third-order valence-electron chi connectivity index (χ3n) is 5.36. The number of rotatable bonds is 9. The largest absolute Gasteiger partial charge is 0.493 e. The summed E-state index contributed by atoms with van der Waals surface area (Å²) in [6.45, 7) is 1.31. The van der Waals surface area contributed by atoms with E-state index in [9.17, 15) is 19.2 Å². The van der Waals surface area contributed by atoms with Gasteiger partial charge >= 0.3 is 5.97 Å². The SMILES string of the molecule is COc1ccc(C(=O)NN2C[C@@H](C(=O)OCC(=O)N[C@@H](C)c3ccccc3)CC2=O)cc1OC. The van der Waals surface area contributed by atoms with E-state index in [2.05, 4.69) is 10.7 Å². The zero-order chi connectivity index (χ0) is 24.7. The van der Waals surface area contributed by atoms with Crippen LogP contribution in [0.15, 0.2) is 48.5 Å². The highest BCUT2D eigenvalue weighted by Gasteiger charge is 2.37. The van der Waals surface area contributed by atoms with Crippen LogP contribution < -0.4 is 20.2 Å². The molecule has 180 valence electrons. The fraction of sp³-hybridized carbons (Fsp3) is 0.333. The highest BCUT2D eigenvalue weighted by atomic mass is 16.5. The molecule has 2 aromatic carbocycles. The Morgan fingerprint density at radius 3 is 2.44 bits per heavy atom. The lowest BCUT2D eigenvalue weighted by molar-refractivity contribution is -0.152. The van der Waals surface area contributed by atoms with Crippen LogP contribution in [-0.2, 0) is 19.1 Å². The second kappa shape index (κ2) is 11.2. The molecule has 34 heavy (non-hydrogen) atoms. The third-order valence-corrected chi connectivity index (χ3v) is 5.36. The second-order valence-electron chi connectivity index (χ2n) is 7.72. The molecular formula is C24H27N3O7. The van der Waals surface area contributed by atoms with Gasteiger partial charge in [0.05, 0.1) is 32.7 Å². The predicted molar refractivity (Wildman–Crippen MR) is 121 cm³/mol.